The first kappa shape index (κ1) is 13.4. The van der Waals surface area contributed by atoms with Gasteiger partial charge in [-0.2, -0.15) is 4.37 Å². The summed E-state index contributed by atoms with van der Waals surface area (Å²) < 4.78 is 4.36. The SMILES string of the molecule is CC(CN)C(C)Nc1nc(C(C)(C)C)ns1. The molecule has 0 radical (unpaired) electrons. The summed E-state index contributed by atoms with van der Waals surface area (Å²) in [5, 5.41) is 4.24. The maximum Gasteiger partial charge on any atom is 0.202 e. The number of rotatable bonds is 4. The van der Waals surface area contributed by atoms with Gasteiger partial charge in [0.25, 0.3) is 0 Å². The fourth-order valence-corrected chi connectivity index (χ4v) is 1.98. The minimum atomic E-state index is 0.0130. The standard InChI is InChI=1S/C11H22N4S/c1-7(6-12)8(2)13-10-14-9(15-16-10)11(3,4)5/h7-8H,6,12H2,1-5H3,(H,13,14,15). The van der Waals surface area contributed by atoms with Gasteiger partial charge in [-0.05, 0) is 19.4 Å². The maximum absolute atomic E-state index is 5.63. The summed E-state index contributed by atoms with van der Waals surface area (Å²) in [6.45, 7) is 11.3. The molecule has 1 rings (SSSR count). The zero-order chi connectivity index (χ0) is 12.3. The van der Waals surface area contributed by atoms with E-state index in [0.29, 0.717) is 18.5 Å². The smallest absolute Gasteiger partial charge is 0.202 e. The quantitative estimate of drug-likeness (QED) is 0.850. The van der Waals surface area contributed by atoms with E-state index in [9.17, 15) is 0 Å². The van der Waals surface area contributed by atoms with E-state index in [1.807, 2.05) is 0 Å². The van der Waals surface area contributed by atoms with E-state index in [4.69, 9.17) is 5.73 Å². The van der Waals surface area contributed by atoms with Gasteiger partial charge in [0.1, 0.15) is 5.82 Å². The lowest BCUT2D eigenvalue weighted by Gasteiger charge is -2.18. The van der Waals surface area contributed by atoms with Crippen LogP contribution in [0.15, 0.2) is 0 Å². The fraction of sp³-hybridized carbons (Fsp3) is 0.818. The van der Waals surface area contributed by atoms with Crippen molar-refractivity contribution in [3.8, 4) is 0 Å². The highest BCUT2D eigenvalue weighted by molar-refractivity contribution is 7.09. The molecule has 0 saturated heterocycles. The molecule has 16 heavy (non-hydrogen) atoms. The number of nitrogens with one attached hydrogen (secondary N) is 1. The van der Waals surface area contributed by atoms with Crippen LogP contribution in [0.1, 0.15) is 40.4 Å². The summed E-state index contributed by atoms with van der Waals surface area (Å²) >= 11 is 1.42. The third kappa shape index (κ3) is 3.42. The van der Waals surface area contributed by atoms with E-state index < -0.39 is 0 Å². The molecule has 1 aromatic rings. The predicted octanol–water partition coefficient (Wildman–Crippen LogP) is 2.23. The Balaban J connectivity index is 2.66. The van der Waals surface area contributed by atoms with Crippen molar-refractivity contribution in [2.75, 3.05) is 11.9 Å². The summed E-state index contributed by atoms with van der Waals surface area (Å²) in [6.07, 6.45) is 0. The molecule has 0 aliphatic rings. The monoisotopic (exact) mass is 242 g/mol. The van der Waals surface area contributed by atoms with Gasteiger partial charge in [-0.25, -0.2) is 4.98 Å². The normalized spacial score (nSPS) is 15.9. The summed E-state index contributed by atoms with van der Waals surface area (Å²) in [6, 6.07) is 0.325. The van der Waals surface area contributed by atoms with E-state index >= 15 is 0 Å². The van der Waals surface area contributed by atoms with Crippen LogP contribution in [0.5, 0.6) is 0 Å². The second-order valence-corrected chi connectivity index (χ2v) is 6.07. The van der Waals surface area contributed by atoms with Gasteiger partial charge in [0.15, 0.2) is 0 Å². The number of hydrogen-bond donors (Lipinski definition) is 2. The van der Waals surface area contributed by atoms with E-state index in [1.54, 1.807) is 0 Å². The Bertz CT molecular complexity index is 329. The largest absolute Gasteiger partial charge is 0.358 e. The molecule has 1 aromatic heterocycles. The zero-order valence-electron chi connectivity index (χ0n) is 10.7. The molecule has 0 aliphatic heterocycles. The third-order valence-corrected chi connectivity index (χ3v) is 3.32. The van der Waals surface area contributed by atoms with Gasteiger partial charge in [-0.1, -0.05) is 27.7 Å². The highest BCUT2D eigenvalue weighted by Gasteiger charge is 2.20. The second-order valence-electron chi connectivity index (χ2n) is 5.32. The van der Waals surface area contributed by atoms with Crippen molar-refractivity contribution in [1.82, 2.24) is 9.36 Å². The van der Waals surface area contributed by atoms with Gasteiger partial charge in [0.2, 0.25) is 5.13 Å². The van der Waals surface area contributed by atoms with E-state index in [0.717, 1.165) is 11.0 Å². The lowest BCUT2D eigenvalue weighted by atomic mass is 9.96. The third-order valence-electron chi connectivity index (χ3n) is 2.67. The summed E-state index contributed by atoms with van der Waals surface area (Å²) in [4.78, 5) is 4.49. The van der Waals surface area contributed by atoms with Gasteiger partial charge in [-0.3, -0.25) is 0 Å². The van der Waals surface area contributed by atoms with Gasteiger partial charge in [-0.15, -0.1) is 0 Å². The molecule has 4 nitrogen and oxygen atoms in total. The van der Waals surface area contributed by atoms with Crippen molar-refractivity contribution in [3.05, 3.63) is 5.82 Å². The molecule has 0 aliphatic carbocycles. The Morgan fingerprint density at radius 2 is 2.00 bits per heavy atom. The Labute approximate surface area is 102 Å². The number of anilines is 1. The number of nitrogens with two attached hydrogens (primary N) is 1. The van der Waals surface area contributed by atoms with Crippen LogP contribution >= 0.6 is 11.5 Å². The van der Waals surface area contributed by atoms with E-state index in [1.165, 1.54) is 11.5 Å². The van der Waals surface area contributed by atoms with Gasteiger partial charge < -0.3 is 11.1 Å². The first-order valence-corrected chi connectivity index (χ1v) is 6.42. The van der Waals surface area contributed by atoms with Crippen LogP contribution < -0.4 is 11.1 Å². The molecular weight excluding hydrogens is 220 g/mol. The lowest BCUT2D eigenvalue weighted by molar-refractivity contribution is 0.519. The summed E-state index contributed by atoms with van der Waals surface area (Å²) in [5.74, 6) is 1.33. The van der Waals surface area contributed by atoms with Crippen molar-refractivity contribution in [1.29, 1.82) is 0 Å². The van der Waals surface area contributed by atoms with Crippen molar-refractivity contribution in [2.24, 2.45) is 11.7 Å². The Morgan fingerprint density at radius 3 is 2.44 bits per heavy atom. The molecule has 0 fully saturated rings. The number of nitrogens with zero attached hydrogens (tertiary/aromatic N) is 2. The molecule has 1 heterocycles. The van der Waals surface area contributed by atoms with Crippen LogP contribution in [0.4, 0.5) is 5.13 Å². The topological polar surface area (TPSA) is 63.8 Å². The Morgan fingerprint density at radius 1 is 1.38 bits per heavy atom. The first-order chi connectivity index (χ1) is 7.34. The molecule has 5 heteroatoms. The van der Waals surface area contributed by atoms with E-state index in [2.05, 4.69) is 49.3 Å². The molecule has 0 spiro atoms. The minimum Gasteiger partial charge on any atom is -0.358 e. The van der Waals surface area contributed by atoms with Crippen LogP contribution in [0.2, 0.25) is 0 Å². The number of aromatic nitrogens is 2. The molecule has 2 unspecified atom stereocenters. The molecular formula is C11H22N4S. The van der Waals surface area contributed by atoms with Crippen LogP contribution in [-0.4, -0.2) is 21.9 Å². The van der Waals surface area contributed by atoms with Crippen molar-refractivity contribution in [2.45, 2.75) is 46.1 Å². The molecule has 92 valence electrons. The van der Waals surface area contributed by atoms with E-state index in [-0.39, 0.29) is 5.41 Å². The van der Waals surface area contributed by atoms with Gasteiger partial charge in [0.05, 0.1) is 0 Å². The average Bonchev–Trinajstić information content (AvgIpc) is 2.64. The van der Waals surface area contributed by atoms with Crippen LogP contribution in [0.3, 0.4) is 0 Å². The molecule has 0 aromatic carbocycles. The molecule has 2 atom stereocenters. The maximum atomic E-state index is 5.63. The van der Waals surface area contributed by atoms with Gasteiger partial charge >= 0.3 is 0 Å². The lowest BCUT2D eigenvalue weighted by Crippen LogP contribution is -2.29. The highest BCUT2D eigenvalue weighted by atomic mass is 32.1. The molecule has 0 bridgehead atoms. The highest BCUT2D eigenvalue weighted by Crippen LogP contribution is 2.23. The van der Waals surface area contributed by atoms with Crippen molar-refractivity contribution >= 4 is 16.7 Å². The second kappa shape index (κ2) is 5.10. The first-order valence-electron chi connectivity index (χ1n) is 5.65. The van der Waals surface area contributed by atoms with Crippen LogP contribution in [0.25, 0.3) is 0 Å². The minimum absolute atomic E-state index is 0.0130. The van der Waals surface area contributed by atoms with Crippen molar-refractivity contribution < 1.29 is 0 Å². The number of hydrogen-bond acceptors (Lipinski definition) is 5. The van der Waals surface area contributed by atoms with Gasteiger partial charge in [0, 0.05) is 23.0 Å². The molecule has 0 amide bonds. The fourth-order valence-electron chi connectivity index (χ4n) is 1.13. The average molecular weight is 242 g/mol. The van der Waals surface area contributed by atoms with Crippen molar-refractivity contribution in [3.63, 3.8) is 0 Å². The van der Waals surface area contributed by atoms with Crippen LogP contribution in [0, 0.1) is 5.92 Å². The molecule has 3 N–H and O–H groups in total. The zero-order valence-corrected chi connectivity index (χ0v) is 11.6. The molecule has 0 saturated carbocycles. The summed E-state index contributed by atoms with van der Waals surface area (Å²) in [7, 11) is 0. The summed E-state index contributed by atoms with van der Waals surface area (Å²) in [5.41, 5.74) is 5.64. The van der Waals surface area contributed by atoms with Crippen LogP contribution in [-0.2, 0) is 5.41 Å². The predicted molar refractivity (Wildman–Crippen MR) is 69.9 cm³/mol. The Kier molecular flexibility index (Phi) is 4.27. The Hall–Kier alpha value is -0.680.